The number of nitrogens with zero attached hydrogens (tertiary/aromatic N) is 1. The Bertz CT molecular complexity index is 906. The molecule has 0 atom stereocenters. The number of fused-ring (bicyclic) bond motifs is 2. The van der Waals surface area contributed by atoms with Crippen LogP contribution in [0.25, 0.3) is 22.1 Å². The molecule has 1 aliphatic carbocycles. The zero-order valence-electron chi connectivity index (χ0n) is 10.6. The molecule has 1 fully saturated rings. The van der Waals surface area contributed by atoms with Crippen LogP contribution in [0.15, 0.2) is 45.7 Å². The van der Waals surface area contributed by atoms with Crippen molar-refractivity contribution in [1.82, 2.24) is 4.98 Å². The Labute approximate surface area is 114 Å². The number of rotatable bonds is 2. The third-order valence-corrected chi connectivity index (χ3v) is 3.68. The van der Waals surface area contributed by atoms with Crippen molar-refractivity contribution in [1.29, 1.82) is 0 Å². The van der Waals surface area contributed by atoms with Gasteiger partial charge in [0.25, 0.3) is 0 Å². The number of ketones is 1. The molecule has 1 aliphatic rings. The van der Waals surface area contributed by atoms with Crippen LogP contribution in [0.1, 0.15) is 23.2 Å². The number of carbonyl (C=O) groups is 1. The van der Waals surface area contributed by atoms with Gasteiger partial charge in [0.15, 0.2) is 5.78 Å². The zero-order chi connectivity index (χ0) is 13.7. The number of Topliss-reactive ketones (excluding diaryl/α,β-unsaturated/α-hetero) is 1. The van der Waals surface area contributed by atoms with Crippen molar-refractivity contribution >= 4 is 27.9 Å². The summed E-state index contributed by atoms with van der Waals surface area (Å²) in [5.41, 5.74) is 1.25. The average molecular weight is 265 g/mol. The first kappa shape index (κ1) is 11.3. The molecular formula is C16H11NO3. The normalized spacial score (nSPS) is 14.8. The third kappa shape index (κ3) is 1.65. The second kappa shape index (κ2) is 4.00. The molecule has 2 aromatic heterocycles. The van der Waals surface area contributed by atoms with Crippen molar-refractivity contribution in [3.63, 3.8) is 0 Å². The summed E-state index contributed by atoms with van der Waals surface area (Å²) in [6.07, 6.45) is 3.49. The summed E-state index contributed by atoms with van der Waals surface area (Å²) in [7, 11) is 0. The van der Waals surface area contributed by atoms with Crippen molar-refractivity contribution in [3.8, 4) is 0 Å². The fourth-order valence-corrected chi connectivity index (χ4v) is 2.43. The highest BCUT2D eigenvalue weighted by atomic mass is 16.3. The minimum absolute atomic E-state index is 0.123. The highest BCUT2D eigenvalue weighted by Gasteiger charge is 2.30. The first-order valence-corrected chi connectivity index (χ1v) is 6.60. The van der Waals surface area contributed by atoms with Gasteiger partial charge in [-0.25, -0.2) is 4.98 Å². The fourth-order valence-electron chi connectivity index (χ4n) is 2.43. The second-order valence-electron chi connectivity index (χ2n) is 5.14. The van der Waals surface area contributed by atoms with Crippen LogP contribution in [-0.4, -0.2) is 10.8 Å². The van der Waals surface area contributed by atoms with Gasteiger partial charge in [-0.3, -0.25) is 9.59 Å². The van der Waals surface area contributed by atoms with E-state index < -0.39 is 0 Å². The van der Waals surface area contributed by atoms with E-state index in [-0.39, 0.29) is 17.1 Å². The fraction of sp³-hybridized carbons (Fsp3) is 0.188. The van der Waals surface area contributed by atoms with E-state index in [1.165, 1.54) is 0 Å². The SMILES string of the molecule is O=C(c1ccc2oc3ncccc3c(=O)c2c1)C1CC1. The summed E-state index contributed by atoms with van der Waals surface area (Å²) in [6.45, 7) is 0. The Balaban J connectivity index is 2.01. The summed E-state index contributed by atoms with van der Waals surface area (Å²) in [4.78, 5) is 28.6. The predicted molar refractivity (Wildman–Crippen MR) is 74.8 cm³/mol. The number of pyridine rings is 1. The van der Waals surface area contributed by atoms with Crippen molar-refractivity contribution < 1.29 is 9.21 Å². The van der Waals surface area contributed by atoms with Gasteiger partial charge in [0.2, 0.25) is 11.1 Å². The van der Waals surface area contributed by atoms with Gasteiger partial charge in [-0.15, -0.1) is 0 Å². The average Bonchev–Trinajstić information content (AvgIpc) is 3.31. The molecule has 2 heterocycles. The number of aromatic nitrogens is 1. The molecule has 0 N–H and O–H groups in total. The highest BCUT2D eigenvalue weighted by Crippen LogP contribution is 2.33. The van der Waals surface area contributed by atoms with Gasteiger partial charge in [-0.05, 0) is 43.2 Å². The topological polar surface area (TPSA) is 60.2 Å². The van der Waals surface area contributed by atoms with Crippen LogP contribution in [0.4, 0.5) is 0 Å². The van der Waals surface area contributed by atoms with Crippen LogP contribution in [0.2, 0.25) is 0 Å². The predicted octanol–water partition coefficient (Wildman–Crippen LogP) is 2.93. The smallest absolute Gasteiger partial charge is 0.230 e. The second-order valence-corrected chi connectivity index (χ2v) is 5.14. The largest absolute Gasteiger partial charge is 0.437 e. The third-order valence-electron chi connectivity index (χ3n) is 3.68. The number of hydrogen-bond donors (Lipinski definition) is 0. The van der Waals surface area contributed by atoms with E-state index in [0.29, 0.717) is 27.6 Å². The lowest BCUT2D eigenvalue weighted by molar-refractivity contribution is 0.0968. The number of carbonyl (C=O) groups excluding carboxylic acids is 1. The Morgan fingerprint density at radius 1 is 1.20 bits per heavy atom. The van der Waals surface area contributed by atoms with Crippen LogP contribution >= 0.6 is 0 Å². The molecule has 3 aromatic rings. The molecule has 0 amide bonds. The molecule has 0 saturated heterocycles. The van der Waals surface area contributed by atoms with Gasteiger partial charge in [0, 0.05) is 17.7 Å². The molecule has 1 saturated carbocycles. The van der Waals surface area contributed by atoms with Crippen LogP contribution in [0.3, 0.4) is 0 Å². The molecule has 0 unspecified atom stereocenters. The van der Waals surface area contributed by atoms with Gasteiger partial charge in [-0.1, -0.05) is 0 Å². The Hall–Kier alpha value is -2.49. The molecule has 1 aromatic carbocycles. The maximum absolute atomic E-state index is 12.4. The van der Waals surface area contributed by atoms with Crippen molar-refractivity contribution in [2.75, 3.05) is 0 Å². The van der Waals surface area contributed by atoms with Crippen LogP contribution in [0, 0.1) is 5.92 Å². The van der Waals surface area contributed by atoms with Gasteiger partial charge in [0.05, 0.1) is 10.8 Å². The minimum Gasteiger partial charge on any atom is -0.437 e. The summed E-state index contributed by atoms with van der Waals surface area (Å²) in [6, 6.07) is 8.43. The van der Waals surface area contributed by atoms with E-state index in [1.807, 2.05) is 0 Å². The van der Waals surface area contributed by atoms with E-state index in [1.54, 1.807) is 36.5 Å². The molecule has 0 radical (unpaired) electrons. The molecule has 4 heteroatoms. The Kier molecular flexibility index (Phi) is 2.27. The molecule has 0 spiro atoms. The molecule has 20 heavy (non-hydrogen) atoms. The molecule has 0 aliphatic heterocycles. The van der Waals surface area contributed by atoms with Gasteiger partial charge in [-0.2, -0.15) is 0 Å². The zero-order valence-corrected chi connectivity index (χ0v) is 10.6. The van der Waals surface area contributed by atoms with Crippen molar-refractivity contribution in [3.05, 3.63) is 52.3 Å². The van der Waals surface area contributed by atoms with E-state index in [4.69, 9.17) is 4.42 Å². The van der Waals surface area contributed by atoms with Crippen LogP contribution < -0.4 is 5.43 Å². The standard InChI is InChI=1S/C16H11NO3/c18-14(9-3-4-9)10-5-6-13-12(8-10)15(19)11-2-1-7-17-16(11)20-13/h1-2,5-9H,3-4H2. The summed E-state index contributed by atoms with van der Waals surface area (Å²) in [5, 5.41) is 0.882. The maximum atomic E-state index is 12.4. The minimum atomic E-state index is -0.139. The first-order valence-electron chi connectivity index (χ1n) is 6.60. The summed E-state index contributed by atoms with van der Waals surface area (Å²) >= 11 is 0. The summed E-state index contributed by atoms with van der Waals surface area (Å²) < 4.78 is 5.62. The van der Waals surface area contributed by atoms with E-state index in [0.717, 1.165) is 12.8 Å². The van der Waals surface area contributed by atoms with Gasteiger partial charge in [0.1, 0.15) is 5.58 Å². The Morgan fingerprint density at radius 3 is 2.85 bits per heavy atom. The number of hydrogen-bond acceptors (Lipinski definition) is 4. The van der Waals surface area contributed by atoms with E-state index in [2.05, 4.69) is 4.98 Å². The Morgan fingerprint density at radius 2 is 2.05 bits per heavy atom. The van der Waals surface area contributed by atoms with Gasteiger partial charge >= 0.3 is 0 Å². The molecular weight excluding hydrogens is 254 g/mol. The number of benzene rings is 1. The monoisotopic (exact) mass is 265 g/mol. The quantitative estimate of drug-likeness (QED) is 0.528. The lowest BCUT2D eigenvalue weighted by Gasteiger charge is -2.03. The van der Waals surface area contributed by atoms with Crippen LogP contribution in [0.5, 0.6) is 0 Å². The molecule has 98 valence electrons. The van der Waals surface area contributed by atoms with Crippen molar-refractivity contribution in [2.45, 2.75) is 12.8 Å². The highest BCUT2D eigenvalue weighted by molar-refractivity contribution is 6.02. The molecule has 0 bridgehead atoms. The van der Waals surface area contributed by atoms with Crippen LogP contribution in [-0.2, 0) is 0 Å². The van der Waals surface area contributed by atoms with E-state index in [9.17, 15) is 9.59 Å². The lowest BCUT2D eigenvalue weighted by atomic mass is 10.0. The van der Waals surface area contributed by atoms with Gasteiger partial charge < -0.3 is 4.42 Å². The molecule has 4 nitrogen and oxygen atoms in total. The maximum Gasteiger partial charge on any atom is 0.230 e. The lowest BCUT2D eigenvalue weighted by Crippen LogP contribution is -2.06. The summed E-state index contributed by atoms with van der Waals surface area (Å²) in [5.74, 6) is 0.263. The van der Waals surface area contributed by atoms with Crippen molar-refractivity contribution in [2.24, 2.45) is 5.92 Å². The molecule has 4 rings (SSSR count). The first-order chi connectivity index (χ1) is 9.74. The van der Waals surface area contributed by atoms with E-state index >= 15 is 0 Å².